The number of fused-ring (bicyclic) bond motifs is 1. The first-order chi connectivity index (χ1) is 6.92. The van der Waals surface area contributed by atoms with Gasteiger partial charge in [-0.3, -0.25) is 0 Å². The summed E-state index contributed by atoms with van der Waals surface area (Å²) in [6.45, 7) is 1.51. The third-order valence-corrected chi connectivity index (χ3v) is 3.29. The monoisotopic (exact) mass is 209 g/mol. The third-order valence-electron chi connectivity index (χ3n) is 2.32. The molecule has 0 fully saturated rings. The highest BCUT2D eigenvalue weighted by Crippen LogP contribution is 2.30. The van der Waals surface area contributed by atoms with E-state index in [0.29, 0.717) is 6.54 Å². The van der Waals surface area contributed by atoms with Gasteiger partial charge in [0.05, 0.1) is 6.61 Å². The maximum atomic E-state index is 5.76. The van der Waals surface area contributed by atoms with Crippen molar-refractivity contribution in [2.45, 2.75) is 12.2 Å². The molecule has 0 spiro atoms. The average Bonchev–Trinajstić information content (AvgIpc) is 2.44. The molecule has 0 aliphatic carbocycles. The van der Waals surface area contributed by atoms with Crippen LogP contribution in [0.2, 0.25) is 0 Å². The second kappa shape index (κ2) is 4.71. The largest absolute Gasteiger partial charge is 0.492 e. The molecule has 2 N–H and O–H groups in total. The Balaban J connectivity index is 2.32. The molecular formula is C11H15NOS. The van der Waals surface area contributed by atoms with Crippen LogP contribution in [-0.2, 0) is 12.2 Å². The van der Waals surface area contributed by atoms with Crippen LogP contribution in [0.1, 0.15) is 11.1 Å². The number of hydrogen-bond donors (Lipinski definition) is 1. The Morgan fingerprint density at radius 2 is 2.36 bits per heavy atom. The second-order valence-corrected chi connectivity index (χ2v) is 4.45. The van der Waals surface area contributed by atoms with Crippen molar-refractivity contribution in [2.24, 2.45) is 5.73 Å². The summed E-state index contributed by atoms with van der Waals surface area (Å²) in [5, 5.41) is 0. The topological polar surface area (TPSA) is 35.2 Å². The molecule has 1 aromatic rings. The Kier molecular flexibility index (Phi) is 3.32. The van der Waals surface area contributed by atoms with Crippen molar-refractivity contribution in [2.75, 3.05) is 18.9 Å². The molecule has 3 heteroatoms. The van der Waals surface area contributed by atoms with Gasteiger partial charge < -0.3 is 10.5 Å². The van der Waals surface area contributed by atoms with E-state index < -0.39 is 0 Å². The molecule has 0 bridgehead atoms. The fourth-order valence-electron chi connectivity index (χ4n) is 1.67. The zero-order valence-electron chi connectivity index (χ0n) is 8.16. The molecule has 0 amide bonds. The molecule has 2 rings (SSSR count). The Labute approximate surface area is 88.8 Å². The van der Waals surface area contributed by atoms with Crippen molar-refractivity contribution in [3.8, 4) is 5.75 Å². The van der Waals surface area contributed by atoms with Gasteiger partial charge in [0.15, 0.2) is 0 Å². The highest BCUT2D eigenvalue weighted by atomic mass is 32.2. The van der Waals surface area contributed by atoms with Crippen LogP contribution in [0.5, 0.6) is 5.75 Å². The number of benzene rings is 1. The molecule has 0 aromatic heterocycles. The Bertz CT molecular complexity index is 314. The number of ether oxygens (including phenoxy) is 1. The van der Waals surface area contributed by atoms with Crippen LogP contribution in [0.4, 0.5) is 0 Å². The molecule has 1 aliphatic rings. The average molecular weight is 209 g/mol. The lowest BCUT2D eigenvalue weighted by Crippen LogP contribution is -2.06. The summed E-state index contributed by atoms with van der Waals surface area (Å²) in [4.78, 5) is 0. The van der Waals surface area contributed by atoms with Crippen LogP contribution in [0, 0.1) is 0 Å². The molecular weight excluding hydrogens is 194 g/mol. The molecule has 1 heterocycles. The standard InChI is InChI=1S/C11H15NOS/c12-5-4-9-2-1-3-10-8-14-7-6-13-11(9)10/h1-3H,4-8,12H2. The first-order valence-electron chi connectivity index (χ1n) is 4.93. The molecule has 0 saturated heterocycles. The molecule has 1 aromatic carbocycles. The van der Waals surface area contributed by atoms with Crippen molar-refractivity contribution in [1.29, 1.82) is 0 Å². The lowest BCUT2D eigenvalue weighted by Gasteiger charge is -2.11. The summed E-state index contributed by atoms with van der Waals surface area (Å²) in [5.74, 6) is 3.23. The predicted octanol–water partition coefficient (Wildman–Crippen LogP) is 1.81. The number of thioether (sulfide) groups is 1. The van der Waals surface area contributed by atoms with Crippen molar-refractivity contribution in [3.05, 3.63) is 29.3 Å². The van der Waals surface area contributed by atoms with Crippen LogP contribution in [0.15, 0.2) is 18.2 Å². The van der Waals surface area contributed by atoms with Crippen molar-refractivity contribution in [1.82, 2.24) is 0 Å². The summed E-state index contributed by atoms with van der Waals surface area (Å²) in [6.07, 6.45) is 0.911. The summed E-state index contributed by atoms with van der Waals surface area (Å²) >= 11 is 1.93. The molecule has 0 atom stereocenters. The molecule has 76 valence electrons. The van der Waals surface area contributed by atoms with Gasteiger partial charge in [0, 0.05) is 17.1 Å². The lowest BCUT2D eigenvalue weighted by atomic mass is 10.1. The van der Waals surface area contributed by atoms with Gasteiger partial charge in [-0.1, -0.05) is 18.2 Å². The van der Waals surface area contributed by atoms with E-state index in [1.165, 1.54) is 11.1 Å². The van der Waals surface area contributed by atoms with Crippen LogP contribution in [0.25, 0.3) is 0 Å². The fourth-order valence-corrected chi connectivity index (χ4v) is 2.47. The third kappa shape index (κ3) is 2.04. The molecule has 0 radical (unpaired) electrons. The summed E-state index contributed by atoms with van der Waals surface area (Å²) < 4.78 is 5.76. The zero-order chi connectivity index (χ0) is 9.80. The summed E-state index contributed by atoms with van der Waals surface area (Å²) in [5.41, 5.74) is 8.15. The highest BCUT2D eigenvalue weighted by molar-refractivity contribution is 7.98. The van der Waals surface area contributed by atoms with Gasteiger partial charge in [-0.25, -0.2) is 0 Å². The maximum absolute atomic E-state index is 5.76. The van der Waals surface area contributed by atoms with E-state index in [1.54, 1.807) is 0 Å². The maximum Gasteiger partial charge on any atom is 0.126 e. The van der Waals surface area contributed by atoms with Gasteiger partial charge in [-0.15, -0.1) is 0 Å². The minimum atomic E-state index is 0.687. The number of para-hydroxylation sites is 1. The number of hydrogen-bond acceptors (Lipinski definition) is 3. The van der Waals surface area contributed by atoms with Crippen molar-refractivity contribution < 1.29 is 4.74 Å². The Morgan fingerprint density at radius 3 is 3.21 bits per heavy atom. The normalized spacial score (nSPS) is 15.5. The summed E-state index contributed by atoms with van der Waals surface area (Å²) in [7, 11) is 0. The van der Waals surface area contributed by atoms with Crippen LogP contribution < -0.4 is 10.5 Å². The molecule has 1 aliphatic heterocycles. The number of rotatable bonds is 2. The van der Waals surface area contributed by atoms with Gasteiger partial charge in [0.1, 0.15) is 5.75 Å². The first kappa shape index (κ1) is 9.87. The zero-order valence-corrected chi connectivity index (χ0v) is 8.98. The fraction of sp³-hybridized carbons (Fsp3) is 0.455. The quantitative estimate of drug-likeness (QED) is 0.807. The van der Waals surface area contributed by atoms with E-state index in [4.69, 9.17) is 10.5 Å². The van der Waals surface area contributed by atoms with Gasteiger partial charge in [-0.05, 0) is 18.5 Å². The van der Waals surface area contributed by atoms with E-state index in [2.05, 4.69) is 18.2 Å². The Hall–Kier alpha value is -0.670. The van der Waals surface area contributed by atoms with E-state index in [0.717, 1.165) is 30.3 Å². The van der Waals surface area contributed by atoms with Crippen molar-refractivity contribution in [3.63, 3.8) is 0 Å². The van der Waals surface area contributed by atoms with Crippen LogP contribution in [-0.4, -0.2) is 18.9 Å². The minimum absolute atomic E-state index is 0.687. The first-order valence-corrected chi connectivity index (χ1v) is 6.08. The second-order valence-electron chi connectivity index (χ2n) is 3.35. The molecule has 0 unspecified atom stereocenters. The van der Waals surface area contributed by atoms with E-state index in [9.17, 15) is 0 Å². The molecule has 0 saturated carbocycles. The summed E-state index contributed by atoms with van der Waals surface area (Å²) in [6, 6.07) is 6.36. The van der Waals surface area contributed by atoms with Crippen LogP contribution >= 0.6 is 11.8 Å². The van der Waals surface area contributed by atoms with E-state index in [-0.39, 0.29) is 0 Å². The van der Waals surface area contributed by atoms with Gasteiger partial charge >= 0.3 is 0 Å². The Morgan fingerprint density at radius 1 is 1.43 bits per heavy atom. The van der Waals surface area contributed by atoms with Gasteiger partial charge in [-0.2, -0.15) is 11.8 Å². The SMILES string of the molecule is NCCc1cccc2c1OCCSC2. The minimum Gasteiger partial charge on any atom is -0.492 e. The predicted molar refractivity (Wildman–Crippen MR) is 60.9 cm³/mol. The molecule has 14 heavy (non-hydrogen) atoms. The van der Waals surface area contributed by atoms with Gasteiger partial charge in [0.25, 0.3) is 0 Å². The van der Waals surface area contributed by atoms with Crippen LogP contribution in [0.3, 0.4) is 0 Å². The molecule has 2 nitrogen and oxygen atoms in total. The highest BCUT2D eigenvalue weighted by Gasteiger charge is 2.12. The number of nitrogens with two attached hydrogens (primary N) is 1. The van der Waals surface area contributed by atoms with Crippen molar-refractivity contribution >= 4 is 11.8 Å². The van der Waals surface area contributed by atoms with E-state index in [1.807, 2.05) is 11.8 Å². The lowest BCUT2D eigenvalue weighted by molar-refractivity contribution is 0.340. The van der Waals surface area contributed by atoms with Gasteiger partial charge in [0.2, 0.25) is 0 Å². The van der Waals surface area contributed by atoms with E-state index >= 15 is 0 Å². The smallest absolute Gasteiger partial charge is 0.126 e.